The number of rotatable bonds is 3. The molecule has 4 heteroatoms. The van der Waals surface area contributed by atoms with Gasteiger partial charge in [0.2, 0.25) is 0 Å². The molecule has 4 nitrogen and oxygen atoms in total. The lowest BCUT2D eigenvalue weighted by atomic mass is 10.1. The van der Waals surface area contributed by atoms with Crippen LogP contribution < -0.4 is 5.73 Å². The summed E-state index contributed by atoms with van der Waals surface area (Å²) in [4.78, 5) is 2.38. The normalized spacial score (nSPS) is 29.2. The Hall–Kier alpha value is -0.840. The van der Waals surface area contributed by atoms with Gasteiger partial charge in [-0.3, -0.25) is 4.90 Å². The van der Waals surface area contributed by atoms with E-state index in [1.165, 1.54) is 0 Å². The van der Waals surface area contributed by atoms with Crippen LogP contribution in [0, 0.1) is 0 Å². The minimum absolute atomic E-state index is 0.243. The van der Waals surface area contributed by atoms with Crippen molar-refractivity contribution in [3.63, 3.8) is 0 Å². The standard InChI is InChI=1S/C12H20N2O2/c1-9-6-14(7-10(2)16-9)12(5-13)11-3-4-15-8-11/h3-4,8-10,12H,5-7,13H2,1-2H3. The van der Waals surface area contributed by atoms with E-state index in [4.69, 9.17) is 14.9 Å². The van der Waals surface area contributed by atoms with Crippen LogP contribution in [0.5, 0.6) is 0 Å². The molecule has 1 aliphatic rings. The van der Waals surface area contributed by atoms with Gasteiger partial charge in [-0.2, -0.15) is 0 Å². The molecule has 0 saturated carbocycles. The predicted molar refractivity (Wildman–Crippen MR) is 62.1 cm³/mol. The lowest BCUT2D eigenvalue weighted by Crippen LogP contribution is -2.48. The van der Waals surface area contributed by atoms with Crippen molar-refractivity contribution in [3.8, 4) is 0 Å². The summed E-state index contributed by atoms with van der Waals surface area (Å²) in [6.07, 6.45) is 4.02. The van der Waals surface area contributed by atoms with Crippen molar-refractivity contribution in [1.82, 2.24) is 4.90 Å². The van der Waals surface area contributed by atoms with E-state index in [1.807, 2.05) is 6.07 Å². The number of hydrogen-bond acceptors (Lipinski definition) is 4. The minimum atomic E-state index is 0.243. The molecule has 2 heterocycles. The molecule has 0 aromatic carbocycles. The van der Waals surface area contributed by atoms with E-state index in [1.54, 1.807) is 12.5 Å². The van der Waals surface area contributed by atoms with E-state index < -0.39 is 0 Å². The first-order chi connectivity index (χ1) is 7.70. The van der Waals surface area contributed by atoms with Gasteiger partial charge in [0, 0.05) is 25.2 Å². The van der Waals surface area contributed by atoms with Gasteiger partial charge in [-0.25, -0.2) is 0 Å². The van der Waals surface area contributed by atoms with E-state index in [9.17, 15) is 0 Å². The van der Waals surface area contributed by atoms with Crippen LogP contribution >= 0.6 is 0 Å². The van der Waals surface area contributed by atoms with Crippen LogP contribution in [0.4, 0.5) is 0 Å². The van der Waals surface area contributed by atoms with E-state index in [-0.39, 0.29) is 18.2 Å². The Morgan fingerprint density at radius 2 is 2.12 bits per heavy atom. The van der Waals surface area contributed by atoms with Crippen molar-refractivity contribution in [1.29, 1.82) is 0 Å². The number of furan rings is 1. The maximum Gasteiger partial charge on any atom is 0.0950 e. The number of hydrogen-bond donors (Lipinski definition) is 1. The van der Waals surface area contributed by atoms with Crippen LogP contribution in [-0.2, 0) is 4.74 Å². The summed E-state index contributed by atoms with van der Waals surface area (Å²) in [7, 11) is 0. The van der Waals surface area contributed by atoms with Gasteiger partial charge in [-0.05, 0) is 19.9 Å². The van der Waals surface area contributed by atoms with E-state index in [2.05, 4.69) is 18.7 Å². The van der Waals surface area contributed by atoms with Crippen molar-refractivity contribution in [3.05, 3.63) is 24.2 Å². The van der Waals surface area contributed by atoms with Crippen LogP contribution in [-0.4, -0.2) is 36.7 Å². The highest BCUT2D eigenvalue weighted by Gasteiger charge is 2.28. The number of morpholine rings is 1. The van der Waals surface area contributed by atoms with Gasteiger partial charge < -0.3 is 14.9 Å². The summed E-state index contributed by atoms with van der Waals surface area (Å²) in [5.41, 5.74) is 7.02. The van der Waals surface area contributed by atoms with Gasteiger partial charge in [0.05, 0.1) is 30.8 Å². The Labute approximate surface area is 96.4 Å². The molecule has 0 radical (unpaired) electrons. The Bertz CT molecular complexity index is 303. The van der Waals surface area contributed by atoms with Gasteiger partial charge >= 0.3 is 0 Å². The molecule has 0 spiro atoms. The molecule has 2 rings (SSSR count). The van der Waals surface area contributed by atoms with Crippen molar-refractivity contribution >= 4 is 0 Å². The molecule has 1 aromatic rings. The first-order valence-corrected chi connectivity index (χ1v) is 5.82. The summed E-state index contributed by atoms with van der Waals surface area (Å²) >= 11 is 0. The lowest BCUT2D eigenvalue weighted by Gasteiger charge is -2.39. The molecule has 0 bridgehead atoms. The third kappa shape index (κ3) is 2.45. The highest BCUT2D eigenvalue weighted by atomic mass is 16.5. The Morgan fingerprint density at radius 1 is 1.44 bits per heavy atom. The summed E-state index contributed by atoms with van der Waals surface area (Å²) < 4.78 is 10.9. The minimum Gasteiger partial charge on any atom is -0.472 e. The van der Waals surface area contributed by atoms with Gasteiger partial charge in [0.25, 0.3) is 0 Å². The third-order valence-corrected chi connectivity index (χ3v) is 3.04. The van der Waals surface area contributed by atoms with Crippen molar-refractivity contribution in [2.45, 2.75) is 32.1 Å². The fourth-order valence-electron chi connectivity index (χ4n) is 2.43. The quantitative estimate of drug-likeness (QED) is 0.843. The zero-order chi connectivity index (χ0) is 11.5. The number of ether oxygens (including phenoxy) is 1. The molecule has 1 saturated heterocycles. The fourth-order valence-corrected chi connectivity index (χ4v) is 2.43. The van der Waals surface area contributed by atoms with Crippen molar-refractivity contribution < 1.29 is 9.15 Å². The lowest BCUT2D eigenvalue weighted by molar-refractivity contribution is -0.0799. The van der Waals surface area contributed by atoms with E-state index in [0.717, 1.165) is 18.7 Å². The summed E-state index contributed by atoms with van der Waals surface area (Å²) in [5.74, 6) is 0. The molecular weight excluding hydrogens is 204 g/mol. The zero-order valence-electron chi connectivity index (χ0n) is 9.93. The van der Waals surface area contributed by atoms with Gasteiger partial charge in [0.1, 0.15) is 0 Å². The van der Waals surface area contributed by atoms with Gasteiger partial charge in [-0.1, -0.05) is 0 Å². The van der Waals surface area contributed by atoms with Crippen LogP contribution in [0.1, 0.15) is 25.5 Å². The zero-order valence-corrected chi connectivity index (χ0v) is 9.93. The van der Waals surface area contributed by atoms with Gasteiger partial charge in [0.15, 0.2) is 0 Å². The molecule has 3 unspecified atom stereocenters. The predicted octanol–water partition coefficient (Wildman–Crippen LogP) is 1.39. The Balaban J connectivity index is 2.09. The maximum atomic E-state index is 5.86. The molecule has 16 heavy (non-hydrogen) atoms. The molecule has 1 fully saturated rings. The van der Waals surface area contributed by atoms with Crippen LogP contribution in [0.15, 0.2) is 23.0 Å². The van der Waals surface area contributed by atoms with Crippen LogP contribution in [0.2, 0.25) is 0 Å². The first-order valence-electron chi connectivity index (χ1n) is 5.82. The summed E-state index contributed by atoms with van der Waals surface area (Å²) in [6.45, 7) is 6.67. The molecule has 90 valence electrons. The second-order valence-corrected chi connectivity index (χ2v) is 4.52. The molecular formula is C12H20N2O2. The number of nitrogens with two attached hydrogens (primary N) is 1. The average Bonchev–Trinajstić information content (AvgIpc) is 2.70. The van der Waals surface area contributed by atoms with Crippen LogP contribution in [0.25, 0.3) is 0 Å². The second kappa shape index (κ2) is 4.99. The molecule has 0 amide bonds. The first kappa shape index (κ1) is 11.6. The van der Waals surface area contributed by atoms with Crippen molar-refractivity contribution in [2.24, 2.45) is 5.73 Å². The largest absolute Gasteiger partial charge is 0.472 e. The van der Waals surface area contributed by atoms with E-state index in [0.29, 0.717) is 6.54 Å². The Kier molecular flexibility index (Phi) is 3.63. The highest BCUT2D eigenvalue weighted by Crippen LogP contribution is 2.24. The van der Waals surface area contributed by atoms with Gasteiger partial charge in [-0.15, -0.1) is 0 Å². The van der Waals surface area contributed by atoms with E-state index >= 15 is 0 Å². The topological polar surface area (TPSA) is 51.6 Å². The SMILES string of the molecule is CC1CN(C(CN)c2ccoc2)CC(C)O1. The smallest absolute Gasteiger partial charge is 0.0950 e. The summed E-state index contributed by atoms with van der Waals surface area (Å²) in [5, 5.41) is 0. The molecule has 1 aromatic heterocycles. The maximum absolute atomic E-state index is 5.86. The summed E-state index contributed by atoms with van der Waals surface area (Å²) in [6, 6.07) is 2.23. The second-order valence-electron chi connectivity index (χ2n) is 4.52. The molecule has 2 N–H and O–H groups in total. The third-order valence-electron chi connectivity index (χ3n) is 3.04. The molecule has 0 aliphatic carbocycles. The molecule has 3 atom stereocenters. The fraction of sp³-hybridized carbons (Fsp3) is 0.667. The number of nitrogens with zero attached hydrogens (tertiary/aromatic N) is 1. The molecule has 1 aliphatic heterocycles. The van der Waals surface area contributed by atoms with Crippen molar-refractivity contribution in [2.75, 3.05) is 19.6 Å². The average molecular weight is 224 g/mol. The monoisotopic (exact) mass is 224 g/mol. The van der Waals surface area contributed by atoms with Crippen LogP contribution in [0.3, 0.4) is 0 Å². The Morgan fingerprint density at radius 3 is 2.62 bits per heavy atom. The highest BCUT2D eigenvalue weighted by molar-refractivity contribution is 5.12.